The van der Waals surface area contributed by atoms with Crippen LogP contribution < -0.4 is 5.32 Å². The van der Waals surface area contributed by atoms with Crippen molar-refractivity contribution in [1.82, 2.24) is 9.88 Å². The van der Waals surface area contributed by atoms with E-state index in [1.165, 1.54) is 0 Å². The Labute approximate surface area is 136 Å². The van der Waals surface area contributed by atoms with Gasteiger partial charge in [-0.25, -0.2) is 0 Å². The number of hydrogen-bond acceptors (Lipinski definition) is 1. The molecule has 0 spiro atoms. The number of hydrogen-bond donors (Lipinski definition) is 1. The summed E-state index contributed by atoms with van der Waals surface area (Å²) in [6, 6.07) is 1.38. The van der Waals surface area contributed by atoms with Crippen molar-refractivity contribution in [3.63, 3.8) is 0 Å². The lowest BCUT2D eigenvalue weighted by Gasteiger charge is -2.31. The molecule has 1 heterocycles. The summed E-state index contributed by atoms with van der Waals surface area (Å²) in [5.41, 5.74) is 0.469. The smallest absolute Gasteiger partial charge is 0.348 e. The summed E-state index contributed by atoms with van der Waals surface area (Å²) in [6.45, 7) is 3.90. The van der Waals surface area contributed by atoms with E-state index in [1.807, 2.05) is 18.4 Å². The molecule has 1 aromatic heterocycles. The van der Waals surface area contributed by atoms with Crippen molar-refractivity contribution in [2.45, 2.75) is 57.8 Å². The first-order chi connectivity index (χ1) is 10.2. The third kappa shape index (κ3) is 4.06. The van der Waals surface area contributed by atoms with Crippen molar-refractivity contribution < 1.29 is 18.0 Å². The summed E-state index contributed by atoms with van der Waals surface area (Å²) in [5.74, 6) is -1.62. The van der Waals surface area contributed by atoms with Crippen molar-refractivity contribution in [3.8, 4) is 0 Å². The van der Waals surface area contributed by atoms with Gasteiger partial charge in [0.2, 0.25) is 0 Å². The van der Waals surface area contributed by atoms with Crippen molar-refractivity contribution in [3.05, 3.63) is 22.4 Å². The summed E-state index contributed by atoms with van der Waals surface area (Å²) in [7, 11) is 0. The fraction of sp³-hybridized carbons (Fsp3) is 0.667. The first-order valence-electron chi connectivity index (χ1n) is 7.43. The topological polar surface area (TPSA) is 34.0 Å². The van der Waals surface area contributed by atoms with Gasteiger partial charge in [0.05, 0.1) is 5.92 Å². The van der Waals surface area contributed by atoms with E-state index in [0.29, 0.717) is 18.5 Å². The van der Waals surface area contributed by atoms with Crippen LogP contribution in [0.25, 0.3) is 0 Å². The van der Waals surface area contributed by atoms with Crippen LogP contribution in [-0.4, -0.2) is 22.7 Å². The zero-order chi connectivity index (χ0) is 16.5. The van der Waals surface area contributed by atoms with Crippen LogP contribution in [-0.2, 0) is 0 Å². The summed E-state index contributed by atoms with van der Waals surface area (Å²) >= 11 is 3.33. The number of carbonyl (C=O) groups is 1. The second kappa shape index (κ2) is 6.64. The monoisotopic (exact) mass is 380 g/mol. The van der Waals surface area contributed by atoms with Crippen molar-refractivity contribution >= 4 is 21.8 Å². The highest BCUT2D eigenvalue weighted by Gasteiger charge is 2.42. The zero-order valence-electron chi connectivity index (χ0n) is 12.6. The van der Waals surface area contributed by atoms with Crippen LogP contribution in [0.4, 0.5) is 13.2 Å². The predicted molar refractivity (Wildman–Crippen MR) is 81.8 cm³/mol. The van der Waals surface area contributed by atoms with E-state index in [2.05, 4.69) is 21.2 Å². The molecule has 0 saturated heterocycles. The molecule has 1 fully saturated rings. The van der Waals surface area contributed by atoms with E-state index < -0.39 is 18.1 Å². The molecule has 124 valence electrons. The number of amides is 1. The van der Waals surface area contributed by atoms with Gasteiger partial charge in [-0.05, 0) is 55.1 Å². The Hall–Kier alpha value is -0.980. The number of nitrogens with zero attached hydrogens (tertiary/aromatic N) is 1. The van der Waals surface area contributed by atoms with Gasteiger partial charge < -0.3 is 9.88 Å². The van der Waals surface area contributed by atoms with Gasteiger partial charge in [-0.1, -0.05) is 6.42 Å². The molecule has 2 atom stereocenters. The molecule has 1 aliphatic carbocycles. The molecule has 3 nitrogen and oxygen atoms in total. The average molecular weight is 381 g/mol. The molecule has 1 amide bonds. The molecule has 0 aromatic carbocycles. The SMILES string of the molecule is CC(C)n1cc(Br)cc1C(=O)NC1CCCC(C(F)(F)F)C1. The molecule has 0 radical (unpaired) electrons. The van der Waals surface area contributed by atoms with Crippen LogP contribution in [0, 0.1) is 5.92 Å². The number of nitrogens with one attached hydrogen (secondary N) is 1. The maximum absolute atomic E-state index is 12.8. The van der Waals surface area contributed by atoms with E-state index in [0.717, 1.165) is 4.47 Å². The number of alkyl halides is 3. The number of rotatable bonds is 3. The molecule has 7 heteroatoms. The van der Waals surface area contributed by atoms with Gasteiger partial charge in [0.15, 0.2) is 0 Å². The van der Waals surface area contributed by atoms with Crippen molar-refractivity contribution in [2.75, 3.05) is 0 Å². The van der Waals surface area contributed by atoms with Crippen LogP contribution in [0.5, 0.6) is 0 Å². The second-order valence-electron chi connectivity index (χ2n) is 6.12. The second-order valence-corrected chi connectivity index (χ2v) is 7.04. The van der Waals surface area contributed by atoms with Gasteiger partial charge in [0.1, 0.15) is 5.69 Å². The van der Waals surface area contributed by atoms with Gasteiger partial charge >= 0.3 is 6.18 Å². The van der Waals surface area contributed by atoms with Gasteiger partial charge in [0, 0.05) is 22.8 Å². The summed E-state index contributed by atoms with van der Waals surface area (Å²) < 4.78 is 41.1. The van der Waals surface area contributed by atoms with Gasteiger partial charge in [0.25, 0.3) is 5.91 Å². The normalized spacial score (nSPS) is 22.9. The quantitative estimate of drug-likeness (QED) is 0.811. The Morgan fingerprint density at radius 1 is 1.41 bits per heavy atom. The minimum Gasteiger partial charge on any atom is -0.348 e. The van der Waals surface area contributed by atoms with E-state index >= 15 is 0 Å². The zero-order valence-corrected chi connectivity index (χ0v) is 14.2. The number of halogens is 4. The molecular formula is C15H20BrF3N2O. The van der Waals surface area contributed by atoms with Crippen molar-refractivity contribution in [2.24, 2.45) is 5.92 Å². The van der Waals surface area contributed by atoms with Crippen LogP contribution >= 0.6 is 15.9 Å². The number of carbonyl (C=O) groups excluding carboxylic acids is 1. The molecule has 2 rings (SSSR count). The fourth-order valence-electron chi connectivity index (χ4n) is 2.93. The van der Waals surface area contributed by atoms with E-state index in [9.17, 15) is 18.0 Å². The minimum atomic E-state index is -4.18. The first-order valence-corrected chi connectivity index (χ1v) is 8.22. The van der Waals surface area contributed by atoms with Gasteiger partial charge in [-0.2, -0.15) is 13.2 Å². The van der Waals surface area contributed by atoms with E-state index in [-0.39, 0.29) is 24.8 Å². The Morgan fingerprint density at radius 2 is 2.09 bits per heavy atom. The molecule has 1 N–H and O–H groups in total. The van der Waals surface area contributed by atoms with Gasteiger partial charge in [-0.3, -0.25) is 4.79 Å². The van der Waals surface area contributed by atoms with Crippen LogP contribution in [0.15, 0.2) is 16.7 Å². The highest BCUT2D eigenvalue weighted by molar-refractivity contribution is 9.10. The maximum Gasteiger partial charge on any atom is 0.391 e. The Bertz CT molecular complexity index is 539. The highest BCUT2D eigenvalue weighted by Crippen LogP contribution is 2.37. The average Bonchev–Trinajstić information content (AvgIpc) is 2.80. The third-order valence-corrected chi connectivity index (χ3v) is 4.51. The van der Waals surface area contributed by atoms with Gasteiger partial charge in [-0.15, -0.1) is 0 Å². The minimum absolute atomic E-state index is 0.0290. The molecule has 0 aliphatic heterocycles. The standard InChI is InChI=1S/C15H20BrF3N2O/c1-9(2)21-8-11(16)7-13(21)14(22)20-12-5-3-4-10(6-12)15(17,18)19/h7-10,12H,3-6H2,1-2H3,(H,20,22). The predicted octanol–water partition coefficient (Wildman–Crippen LogP) is 4.68. The Balaban J connectivity index is 2.06. The van der Waals surface area contributed by atoms with E-state index in [4.69, 9.17) is 0 Å². The molecule has 0 bridgehead atoms. The first kappa shape index (κ1) is 17.4. The van der Waals surface area contributed by atoms with Crippen LogP contribution in [0.1, 0.15) is 56.1 Å². The van der Waals surface area contributed by atoms with Crippen LogP contribution in [0.2, 0.25) is 0 Å². The van der Waals surface area contributed by atoms with Crippen LogP contribution in [0.3, 0.4) is 0 Å². The summed E-state index contributed by atoms with van der Waals surface area (Å²) in [5, 5.41) is 2.77. The largest absolute Gasteiger partial charge is 0.391 e. The maximum atomic E-state index is 12.8. The lowest BCUT2D eigenvalue weighted by Crippen LogP contribution is -2.42. The molecular weight excluding hydrogens is 361 g/mol. The number of aromatic nitrogens is 1. The lowest BCUT2D eigenvalue weighted by atomic mass is 9.85. The highest BCUT2D eigenvalue weighted by atomic mass is 79.9. The fourth-order valence-corrected chi connectivity index (χ4v) is 3.37. The molecule has 2 unspecified atom stereocenters. The Morgan fingerprint density at radius 3 is 2.68 bits per heavy atom. The van der Waals surface area contributed by atoms with Crippen molar-refractivity contribution in [1.29, 1.82) is 0 Å². The summed E-state index contributed by atoms with van der Waals surface area (Å²) in [6.07, 6.45) is -1.15. The summed E-state index contributed by atoms with van der Waals surface area (Å²) in [4.78, 5) is 12.4. The molecule has 22 heavy (non-hydrogen) atoms. The van der Waals surface area contributed by atoms with E-state index in [1.54, 1.807) is 12.3 Å². The molecule has 1 saturated carbocycles. The third-order valence-electron chi connectivity index (χ3n) is 4.08. The lowest BCUT2D eigenvalue weighted by molar-refractivity contribution is -0.183. The molecule has 1 aliphatic rings. The Kier molecular flexibility index (Phi) is 5.25. The molecule has 1 aromatic rings.